The number of ether oxygens (including phenoxy) is 1. The molecule has 0 fully saturated rings. The van der Waals surface area contributed by atoms with Crippen LogP contribution in [0.1, 0.15) is 71.0 Å². The summed E-state index contributed by atoms with van der Waals surface area (Å²) in [6, 6.07) is 28.0. The smallest absolute Gasteiger partial charge is 0.300 e. The number of nitrogen functional groups attached to an aromatic ring is 1. The Morgan fingerprint density at radius 2 is 1.54 bits per heavy atom. The fourth-order valence-corrected chi connectivity index (χ4v) is 8.44. The molecule has 0 aliphatic rings. The number of carbonyl (C=O) groups excluding carboxylic acids is 3. The Morgan fingerprint density at radius 3 is 2.30 bits per heavy atom. The first-order chi connectivity index (χ1) is 32.4. The largest absolute Gasteiger partial charge is 0.508 e. The van der Waals surface area contributed by atoms with E-state index < -0.39 is 0 Å². The molecular formula is C52H52ClN9O5. The summed E-state index contributed by atoms with van der Waals surface area (Å²) in [7, 11) is 2.02. The molecule has 8 aromatic rings. The van der Waals surface area contributed by atoms with Crippen molar-refractivity contribution in [3.63, 3.8) is 0 Å². The van der Waals surface area contributed by atoms with Crippen LogP contribution in [0, 0.1) is 6.92 Å². The zero-order chi connectivity index (χ0) is 47.0. The van der Waals surface area contributed by atoms with Crippen LogP contribution in [0.15, 0.2) is 110 Å². The SMILES string of the molecule is CCc1c(-c2ccc(C(=O)NCCC(=O)NCCCCCCNC(=O)c3cc(Oc4nc5cc(-c6ccc7c(ccn7C)c6)c(Cl)cc5[nH]4)ccc3C)nc2)cnc(N)c1-c1ccc(O)cc1. The molecule has 67 heavy (non-hydrogen) atoms. The van der Waals surface area contributed by atoms with Crippen LogP contribution >= 0.6 is 11.6 Å². The van der Waals surface area contributed by atoms with Gasteiger partial charge in [0.1, 0.15) is 23.0 Å². The van der Waals surface area contributed by atoms with Gasteiger partial charge < -0.3 is 41.1 Å². The van der Waals surface area contributed by atoms with E-state index in [2.05, 4.69) is 64.7 Å². The van der Waals surface area contributed by atoms with Crippen LogP contribution in [0.2, 0.25) is 5.02 Å². The minimum absolute atomic E-state index is 0.138. The lowest BCUT2D eigenvalue weighted by atomic mass is 9.92. The summed E-state index contributed by atoms with van der Waals surface area (Å²) in [4.78, 5) is 55.1. The number of H-pyrrole nitrogens is 1. The summed E-state index contributed by atoms with van der Waals surface area (Å²) in [5.41, 5.74) is 16.6. The van der Waals surface area contributed by atoms with E-state index in [1.165, 1.54) is 0 Å². The summed E-state index contributed by atoms with van der Waals surface area (Å²) >= 11 is 6.73. The molecule has 8 rings (SSSR count). The van der Waals surface area contributed by atoms with E-state index in [-0.39, 0.29) is 42.1 Å². The van der Waals surface area contributed by atoms with E-state index in [1.807, 2.05) is 51.4 Å². The van der Waals surface area contributed by atoms with Gasteiger partial charge in [0.25, 0.3) is 17.8 Å². The Labute approximate surface area is 393 Å². The zero-order valence-corrected chi connectivity index (χ0v) is 38.3. The van der Waals surface area contributed by atoms with E-state index in [9.17, 15) is 19.5 Å². The molecule has 15 heteroatoms. The number of hydrogen-bond donors (Lipinski definition) is 6. The van der Waals surface area contributed by atoms with Crippen molar-refractivity contribution in [2.75, 3.05) is 25.4 Å². The number of nitrogens with two attached hydrogens (primary N) is 1. The third-order valence-corrected chi connectivity index (χ3v) is 12.1. The van der Waals surface area contributed by atoms with Gasteiger partial charge in [0.2, 0.25) is 5.91 Å². The Morgan fingerprint density at radius 1 is 0.791 bits per heavy atom. The number of aryl methyl sites for hydroxylation is 2. The monoisotopic (exact) mass is 917 g/mol. The molecule has 0 aliphatic carbocycles. The first-order valence-electron chi connectivity index (χ1n) is 22.3. The predicted molar refractivity (Wildman–Crippen MR) is 263 cm³/mol. The van der Waals surface area contributed by atoms with E-state index in [4.69, 9.17) is 22.1 Å². The van der Waals surface area contributed by atoms with Crippen molar-refractivity contribution in [2.24, 2.45) is 7.05 Å². The number of hydrogen-bond acceptors (Lipinski definition) is 9. The second-order valence-electron chi connectivity index (χ2n) is 16.4. The van der Waals surface area contributed by atoms with Gasteiger partial charge >= 0.3 is 0 Å². The number of fused-ring (bicyclic) bond motifs is 2. The van der Waals surface area contributed by atoms with Crippen LogP contribution < -0.4 is 26.4 Å². The molecule has 4 aromatic carbocycles. The topological polar surface area (TPSA) is 202 Å². The molecule has 7 N–H and O–H groups in total. The van der Waals surface area contributed by atoms with Gasteiger partial charge in [0, 0.05) is 90.4 Å². The second-order valence-corrected chi connectivity index (χ2v) is 16.8. The van der Waals surface area contributed by atoms with Gasteiger partial charge in [0.15, 0.2) is 0 Å². The number of halogens is 1. The average Bonchev–Trinajstić information content (AvgIpc) is 3.91. The summed E-state index contributed by atoms with van der Waals surface area (Å²) in [5, 5.41) is 20.2. The third kappa shape index (κ3) is 10.7. The number of nitrogens with zero attached hydrogens (tertiary/aromatic N) is 4. The molecular weight excluding hydrogens is 866 g/mol. The van der Waals surface area contributed by atoms with Crippen molar-refractivity contribution >= 4 is 57.1 Å². The molecule has 3 amide bonds. The van der Waals surface area contributed by atoms with Crippen molar-refractivity contribution in [3.05, 3.63) is 137 Å². The number of nitrogens with one attached hydrogen (secondary N) is 4. The molecule has 0 unspecified atom stereocenters. The maximum Gasteiger partial charge on any atom is 0.300 e. The number of aromatic amines is 1. The Kier molecular flexibility index (Phi) is 14.1. The molecule has 0 saturated heterocycles. The third-order valence-electron chi connectivity index (χ3n) is 11.8. The van der Waals surface area contributed by atoms with Gasteiger partial charge in [-0.05, 0) is 109 Å². The Hall–Kier alpha value is -7.71. The lowest BCUT2D eigenvalue weighted by molar-refractivity contribution is -0.120. The summed E-state index contributed by atoms with van der Waals surface area (Å²) in [5.74, 6) is 0.314. The molecule has 4 heterocycles. The van der Waals surface area contributed by atoms with Crippen molar-refractivity contribution in [2.45, 2.75) is 52.4 Å². The van der Waals surface area contributed by atoms with Crippen LogP contribution in [0.25, 0.3) is 55.3 Å². The molecule has 0 saturated carbocycles. The number of amides is 3. The lowest BCUT2D eigenvalue weighted by Gasteiger charge is -2.16. The average molecular weight is 918 g/mol. The highest BCUT2D eigenvalue weighted by Gasteiger charge is 2.18. The van der Waals surface area contributed by atoms with Crippen LogP contribution in [0.3, 0.4) is 0 Å². The maximum absolute atomic E-state index is 13.2. The lowest BCUT2D eigenvalue weighted by Crippen LogP contribution is -2.31. The molecule has 0 aliphatic heterocycles. The number of aromatic hydroxyl groups is 1. The Bertz CT molecular complexity index is 3090. The highest BCUT2D eigenvalue weighted by molar-refractivity contribution is 6.34. The standard InChI is InChI=1S/C52H52ClN9O5/c1-4-38-41(30-59-49(54)48(38)32-10-14-36(63)15-11-32)35-12-17-43(58-29-35)51(66)57-23-19-47(64)55-21-7-5-6-8-22-56-50(65)39-26-37(16-9-31(39)2)67-52-60-44-27-40(42(53)28-45(44)61-52)33-13-18-46-34(25-33)20-24-62(46)3/h9-18,20,24-30,63H,4-8,19,21-23H2,1-3H3,(H2,54,59)(H,55,64)(H,56,65)(H,57,66)(H,60,61). The van der Waals surface area contributed by atoms with Crippen LogP contribution in [-0.4, -0.2) is 67.0 Å². The molecule has 0 radical (unpaired) electrons. The highest BCUT2D eigenvalue weighted by Crippen LogP contribution is 2.37. The molecule has 342 valence electrons. The summed E-state index contributed by atoms with van der Waals surface area (Å²) < 4.78 is 8.17. The summed E-state index contributed by atoms with van der Waals surface area (Å²) in [6.45, 7) is 5.11. The number of imidazole rings is 1. The molecule has 4 aromatic heterocycles. The normalized spacial score (nSPS) is 11.2. The van der Waals surface area contributed by atoms with Crippen molar-refractivity contribution in [1.29, 1.82) is 0 Å². The van der Waals surface area contributed by atoms with Gasteiger partial charge in [-0.15, -0.1) is 0 Å². The molecule has 0 atom stereocenters. The van der Waals surface area contributed by atoms with E-state index in [0.717, 1.165) is 86.6 Å². The van der Waals surface area contributed by atoms with Crippen LogP contribution in [0.5, 0.6) is 17.5 Å². The number of phenolic OH excluding ortho intramolecular Hbond substituents is 1. The minimum Gasteiger partial charge on any atom is -0.508 e. The number of unbranched alkanes of at least 4 members (excludes halogenated alkanes) is 3. The van der Waals surface area contributed by atoms with Crippen LogP contribution in [0.4, 0.5) is 5.82 Å². The van der Waals surface area contributed by atoms with Gasteiger partial charge in [-0.2, -0.15) is 4.98 Å². The number of aromatic nitrogens is 5. The number of pyridine rings is 2. The number of anilines is 1. The first kappa shape index (κ1) is 45.8. The fraction of sp³-hybridized carbons (Fsp3) is 0.231. The van der Waals surface area contributed by atoms with Crippen molar-refractivity contribution in [3.8, 4) is 50.9 Å². The molecule has 0 spiro atoms. The van der Waals surface area contributed by atoms with Gasteiger partial charge in [-0.25, -0.2) is 4.98 Å². The number of phenols is 1. The molecule has 0 bridgehead atoms. The molecule has 14 nitrogen and oxygen atoms in total. The Balaban J connectivity index is 0.727. The van der Waals surface area contributed by atoms with Crippen molar-refractivity contribution < 1.29 is 24.2 Å². The first-order valence-corrected chi connectivity index (χ1v) is 22.7. The van der Waals surface area contributed by atoms with Crippen LogP contribution in [-0.2, 0) is 18.3 Å². The fourth-order valence-electron chi connectivity index (χ4n) is 8.16. The van der Waals surface area contributed by atoms with Gasteiger partial charge in [-0.1, -0.05) is 61.7 Å². The van der Waals surface area contributed by atoms with Crippen molar-refractivity contribution in [1.82, 2.24) is 40.5 Å². The minimum atomic E-state index is -0.375. The number of rotatable bonds is 18. The van der Waals surface area contributed by atoms with E-state index in [0.29, 0.717) is 53.2 Å². The van der Waals surface area contributed by atoms with Gasteiger partial charge in [0.05, 0.1) is 16.1 Å². The predicted octanol–water partition coefficient (Wildman–Crippen LogP) is 9.68. The van der Waals surface area contributed by atoms with E-state index >= 15 is 0 Å². The maximum atomic E-state index is 13.2. The van der Waals surface area contributed by atoms with E-state index in [1.54, 1.807) is 54.9 Å². The zero-order valence-electron chi connectivity index (χ0n) is 37.6. The summed E-state index contributed by atoms with van der Waals surface area (Å²) in [6.07, 6.45) is 9.52. The van der Waals surface area contributed by atoms with Gasteiger partial charge in [-0.3, -0.25) is 19.4 Å². The quantitative estimate of drug-likeness (QED) is 0.0453. The number of carbonyl (C=O) groups is 3. The second kappa shape index (κ2) is 20.6. The highest BCUT2D eigenvalue weighted by atomic mass is 35.5. The number of benzene rings is 4.